The summed E-state index contributed by atoms with van der Waals surface area (Å²) in [5.41, 5.74) is 4.31. The van der Waals surface area contributed by atoms with E-state index in [0.717, 1.165) is 24.2 Å². The summed E-state index contributed by atoms with van der Waals surface area (Å²) in [7, 11) is 0. The summed E-state index contributed by atoms with van der Waals surface area (Å²) in [5, 5.41) is 9.76. The van der Waals surface area contributed by atoms with E-state index in [9.17, 15) is 5.11 Å². The fraction of sp³-hybridized carbons (Fsp3) is 0.467. The normalized spacial score (nSPS) is 16.1. The van der Waals surface area contributed by atoms with Crippen LogP contribution in [0.2, 0.25) is 0 Å². The first kappa shape index (κ1) is 12.4. The van der Waals surface area contributed by atoms with E-state index >= 15 is 0 Å². The molecule has 3 rings (SSSR count). The molecule has 2 heterocycles. The molecule has 19 heavy (non-hydrogen) atoms. The minimum atomic E-state index is -0.467. The molecule has 0 bridgehead atoms. The van der Waals surface area contributed by atoms with Crippen LogP contribution in [0.5, 0.6) is 0 Å². The van der Waals surface area contributed by atoms with Gasteiger partial charge >= 0.3 is 0 Å². The molecule has 4 nitrogen and oxygen atoms in total. The molecule has 2 aromatic rings. The average molecular weight is 257 g/mol. The van der Waals surface area contributed by atoms with Crippen molar-refractivity contribution in [1.82, 2.24) is 14.5 Å². The van der Waals surface area contributed by atoms with Crippen LogP contribution >= 0.6 is 0 Å². The van der Waals surface area contributed by atoms with Crippen molar-refractivity contribution >= 4 is 0 Å². The predicted molar refractivity (Wildman–Crippen MR) is 73.3 cm³/mol. The second kappa shape index (κ2) is 5.13. The number of imidazole rings is 1. The lowest BCUT2D eigenvalue weighted by Gasteiger charge is -2.14. The van der Waals surface area contributed by atoms with Gasteiger partial charge in [-0.05, 0) is 44.2 Å². The number of aliphatic hydroxyl groups excluding tert-OH is 1. The van der Waals surface area contributed by atoms with Crippen LogP contribution in [0, 0.1) is 0 Å². The number of rotatable bonds is 3. The second-order valence-corrected chi connectivity index (χ2v) is 5.08. The lowest BCUT2D eigenvalue weighted by atomic mass is 10.0. The third-order valence-electron chi connectivity index (χ3n) is 3.81. The Kier molecular flexibility index (Phi) is 3.34. The molecule has 0 spiro atoms. The maximum Gasteiger partial charge on any atom is 0.0998 e. The maximum atomic E-state index is 9.76. The van der Waals surface area contributed by atoms with Gasteiger partial charge in [-0.3, -0.25) is 4.98 Å². The SMILES string of the molecule is CC[C@@H](O)c1ccc(-n2cnc3c2CCCC3)cn1. The molecular formula is C15H19N3O. The number of hydrogen-bond acceptors (Lipinski definition) is 3. The topological polar surface area (TPSA) is 50.9 Å². The van der Waals surface area contributed by atoms with Gasteiger partial charge in [0.1, 0.15) is 0 Å². The van der Waals surface area contributed by atoms with Gasteiger partial charge in [-0.2, -0.15) is 0 Å². The monoisotopic (exact) mass is 257 g/mol. The largest absolute Gasteiger partial charge is 0.387 e. The average Bonchev–Trinajstić information content (AvgIpc) is 2.90. The summed E-state index contributed by atoms with van der Waals surface area (Å²) in [6, 6.07) is 3.91. The number of aryl methyl sites for hydroxylation is 1. The zero-order chi connectivity index (χ0) is 13.2. The van der Waals surface area contributed by atoms with Gasteiger partial charge in [0.15, 0.2) is 0 Å². The molecule has 100 valence electrons. The zero-order valence-electron chi connectivity index (χ0n) is 11.2. The van der Waals surface area contributed by atoms with Crippen LogP contribution in [0.25, 0.3) is 5.69 Å². The molecule has 0 amide bonds. The van der Waals surface area contributed by atoms with Gasteiger partial charge in [0.05, 0.1) is 35.7 Å². The Bertz CT molecular complexity index is 559. The van der Waals surface area contributed by atoms with Crippen molar-refractivity contribution in [3.05, 3.63) is 41.7 Å². The van der Waals surface area contributed by atoms with Crippen LogP contribution in [0.1, 0.15) is 49.4 Å². The second-order valence-electron chi connectivity index (χ2n) is 5.08. The molecule has 0 unspecified atom stereocenters. The molecule has 4 heteroatoms. The van der Waals surface area contributed by atoms with Crippen molar-refractivity contribution in [1.29, 1.82) is 0 Å². The van der Waals surface area contributed by atoms with Crippen molar-refractivity contribution in [2.24, 2.45) is 0 Å². The fourth-order valence-corrected chi connectivity index (χ4v) is 2.64. The highest BCUT2D eigenvalue weighted by molar-refractivity contribution is 5.35. The van der Waals surface area contributed by atoms with E-state index in [1.165, 1.54) is 24.2 Å². The Hall–Kier alpha value is -1.68. The van der Waals surface area contributed by atoms with E-state index in [4.69, 9.17) is 0 Å². The Morgan fingerprint density at radius 1 is 1.26 bits per heavy atom. The van der Waals surface area contributed by atoms with Gasteiger partial charge in [-0.25, -0.2) is 4.98 Å². The minimum absolute atomic E-state index is 0.467. The Morgan fingerprint density at radius 3 is 2.84 bits per heavy atom. The van der Waals surface area contributed by atoms with Gasteiger partial charge in [0, 0.05) is 5.69 Å². The Morgan fingerprint density at radius 2 is 2.11 bits per heavy atom. The highest BCUT2D eigenvalue weighted by Gasteiger charge is 2.16. The first-order chi connectivity index (χ1) is 9.29. The van der Waals surface area contributed by atoms with Crippen molar-refractivity contribution in [2.45, 2.75) is 45.1 Å². The Balaban J connectivity index is 1.92. The van der Waals surface area contributed by atoms with E-state index in [2.05, 4.69) is 14.5 Å². The number of aromatic nitrogens is 3. The molecule has 0 saturated heterocycles. The Labute approximate surface area is 113 Å². The molecule has 0 saturated carbocycles. The van der Waals surface area contributed by atoms with Crippen molar-refractivity contribution < 1.29 is 5.11 Å². The van der Waals surface area contributed by atoms with Crippen molar-refractivity contribution in [3.63, 3.8) is 0 Å². The first-order valence-electron chi connectivity index (χ1n) is 6.99. The summed E-state index contributed by atoms with van der Waals surface area (Å²) in [5.74, 6) is 0. The van der Waals surface area contributed by atoms with E-state index in [1.54, 1.807) is 0 Å². The number of pyridine rings is 1. The molecule has 2 aromatic heterocycles. The molecule has 1 N–H and O–H groups in total. The summed E-state index contributed by atoms with van der Waals surface area (Å²) in [6.45, 7) is 1.95. The number of nitrogens with zero attached hydrogens (tertiary/aromatic N) is 3. The van der Waals surface area contributed by atoms with E-state index in [-0.39, 0.29) is 0 Å². The quantitative estimate of drug-likeness (QED) is 0.919. The molecule has 1 aliphatic carbocycles. The van der Waals surface area contributed by atoms with Crippen LogP contribution in [0.4, 0.5) is 0 Å². The lowest BCUT2D eigenvalue weighted by Crippen LogP contribution is -2.07. The summed E-state index contributed by atoms with van der Waals surface area (Å²) in [4.78, 5) is 8.85. The zero-order valence-corrected chi connectivity index (χ0v) is 11.2. The lowest BCUT2D eigenvalue weighted by molar-refractivity contribution is 0.169. The van der Waals surface area contributed by atoms with E-state index < -0.39 is 6.10 Å². The van der Waals surface area contributed by atoms with Crippen LogP contribution in [-0.4, -0.2) is 19.6 Å². The van der Waals surface area contributed by atoms with Gasteiger partial charge in [0.25, 0.3) is 0 Å². The molecular weight excluding hydrogens is 238 g/mol. The van der Waals surface area contributed by atoms with Gasteiger partial charge in [-0.1, -0.05) is 6.92 Å². The van der Waals surface area contributed by atoms with E-state index in [1.807, 2.05) is 31.6 Å². The maximum absolute atomic E-state index is 9.76. The molecule has 0 radical (unpaired) electrons. The van der Waals surface area contributed by atoms with Crippen molar-refractivity contribution in [3.8, 4) is 5.69 Å². The summed E-state index contributed by atoms with van der Waals surface area (Å²) >= 11 is 0. The number of aliphatic hydroxyl groups is 1. The predicted octanol–water partition coefficient (Wildman–Crippen LogP) is 2.59. The highest BCUT2D eigenvalue weighted by atomic mass is 16.3. The molecule has 0 fully saturated rings. The van der Waals surface area contributed by atoms with Crippen LogP contribution in [0.3, 0.4) is 0 Å². The van der Waals surface area contributed by atoms with Crippen LogP contribution < -0.4 is 0 Å². The smallest absolute Gasteiger partial charge is 0.0998 e. The van der Waals surface area contributed by atoms with Gasteiger partial charge in [-0.15, -0.1) is 0 Å². The van der Waals surface area contributed by atoms with E-state index in [0.29, 0.717) is 6.42 Å². The highest BCUT2D eigenvalue weighted by Crippen LogP contribution is 2.23. The standard InChI is InChI=1S/C15H19N3O/c1-2-15(19)13-8-7-11(9-16-13)18-10-17-12-5-3-4-6-14(12)18/h7-10,15,19H,2-6H2,1H3/t15-/m1/s1. The molecule has 1 atom stereocenters. The first-order valence-corrected chi connectivity index (χ1v) is 6.99. The number of hydrogen-bond donors (Lipinski definition) is 1. The summed E-state index contributed by atoms with van der Waals surface area (Å²) < 4.78 is 2.13. The van der Waals surface area contributed by atoms with Gasteiger partial charge < -0.3 is 9.67 Å². The third kappa shape index (κ3) is 2.28. The minimum Gasteiger partial charge on any atom is -0.387 e. The fourth-order valence-electron chi connectivity index (χ4n) is 2.64. The third-order valence-corrected chi connectivity index (χ3v) is 3.81. The summed E-state index contributed by atoms with van der Waals surface area (Å²) in [6.07, 6.45) is 8.59. The number of fused-ring (bicyclic) bond motifs is 1. The molecule has 1 aliphatic rings. The van der Waals surface area contributed by atoms with Crippen molar-refractivity contribution in [2.75, 3.05) is 0 Å². The molecule has 0 aromatic carbocycles. The van der Waals surface area contributed by atoms with Crippen LogP contribution in [-0.2, 0) is 12.8 Å². The molecule has 0 aliphatic heterocycles. The van der Waals surface area contributed by atoms with Gasteiger partial charge in [0.2, 0.25) is 0 Å². The van der Waals surface area contributed by atoms with Crippen LogP contribution in [0.15, 0.2) is 24.7 Å².